The summed E-state index contributed by atoms with van der Waals surface area (Å²) in [6.07, 6.45) is 1.72. The molecule has 116 valence electrons. The van der Waals surface area contributed by atoms with Crippen molar-refractivity contribution < 1.29 is 4.79 Å². The predicted octanol–water partition coefficient (Wildman–Crippen LogP) is 3.43. The van der Waals surface area contributed by atoms with Crippen LogP contribution in [-0.2, 0) is 4.79 Å². The van der Waals surface area contributed by atoms with Crippen molar-refractivity contribution in [2.45, 2.75) is 12.8 Å². The Labute approximate surface area is 142 Å². The maximum atomic E-state index is 12.2. The summed E-state index contributed by atoms with van der Waals surface area (Å²) in [5.74, 6) is 0.602. The first-order chi connectivity index (χ1) is 10.6. The van der Waals surface area contributed by atoms with Gasteiger partial charge in [0.2, 0.25) is 5.91 Å². The molecule has 3 rings (SSSR count). The molecular weight excluding hydrogens is 368 g/mol. The fourth-order valence-corrected chi connectivity index (χ4v) is 3.12. The largest absolute Gasteiger partial charge is 0.317 e. The predicted molar refractivity (Wildman–Crippen MR) is 91.0 cm³/mol. The lowest BCUT2D eigenvalue weighted by Crippen LogP contribution is -2.34. The highest BCUT2D eigenvalue weighted by atomic mass is 79.9. The van der Waals surface area contributed by atoms with E-state index < -0.39 is 0 Å². The molecule has 5 nitrogen and oxygen atoms in total. The Morgan fingerprint density at radius 1 is 1.32 bits per heavy atom. The highest BCUT2D eigenvalue weighted by molar-refractivity contribution is 9.10. The van der Waals surface area contributed by atoms with Crippen molar-refractivity contribution >= 4 is 39.3 Å². The first kappa shape index (κ1) is 15.5. The monoisotopic (exact) mass is 382 g/mol. The molecule has 1 saturated heterocycles. The number of carbonyl (C=O) groups excluding carboxylic acids is 1. The zero-order valence-electron chi connectivity index (χ0n) is 11.8. The number of amides is 1. The number of halogens is 2. The molecule has 1 amide bonds. The molecule has 0 aliphatic carbocycles. The van der Waals surface area contributed by atoms with Gasteiger partial charge in [-0.3, -0.25) is 9.89 Å². The second-order valence-electron chi connectivity index (χ2n) is 5.30. The van der Waals surface area contributed by atoms with E-state index in [2.05, 4.69) is 36.8 Å². The smallest absolute Gasteiger partial charge is 0.228 e. The Morgan fingerprint density at radius 2 is 2.09 bits per heavy atom. The van der Waals surface area contributed by atoms with Crippen LogP contribution in [0.15, 0.2) is 28.7 Å². The Bertz CT molecular complexity index is 682. The van der Waals surface area contributed by atoms with Gasteiger partial charge in [0.05, 0.1) is 10.7 Å². The first-order valence-electron chi connectivity index (χ1n) is 7.16. The molecule has 0 radical (unpaired) electrons. The Hall–Kier alpha value is -1.37. The van der Waals surface area contributed by atoms with E-state index in [1.165, 1.54) is 0 Å². The summed E-state index contributed by atoms with van der Waals surface area (Å²) in [5, 5.41) is 13.8. The number of benzene rings is 1. The van der Waals surface area contributed by atoms with Gasteiger partial charge in [0.1, 0.15) is 0 Å². The van der Waals surface area contributed by atoms with Gasteiger partial charge in [-0.2, -0.15) is 5.10 Å². The maximum Gasteiger partial charge on any atom is 0.228 e. The van der Waals surface area contributed by atoms with E-state index in [0.29, 0.717) is 10.8 Å². The molecule has 1 aromatic heterocycles. The fraction of sp³-hybridized carbons (Fsp3) is 0.333. The normalized spacial score (nSPS) is 15.7. The molecule has 0 spiro atoms. The van der Waals surface area contributed by atoms with Crippen LogP contribution in [0.3, 0.4) is 0 Å². The number of hydrogen-bond donors (Lipinski definition) is 3. The molecule has 3 N–H and O–H groups in total. The number of nitrogens with one attached hydrogen (secondary N) is 3. The van der Waals surface area contributed by atoms with Crippen molar-refractivity contribution in [3.63, 3.8) is 0 Å². The zero-order valence-corrected chi connectivity index (χ0v) is 14.2. The quantitative estimate of drug-likeness (QED) is 0.760. The Balaban J connectivity index is 1.73. The minimum Gasteiger partial charge on any atom is -0.317 e. The maximum absolute atomic E-state index is 12.2. The molecule has 2 aromatic rings. The third kappa shape index (κ3) is 3.51. The Morgan fingerprint density at radius 3 is 2.86 bits per heavy atom. The minimum absolute atomic E-state index is 0.0277. The fourth-order valence-electron chi connectivity index (χ4n) is 2.54. The highest BCUT2D eigenvalue weighted by Gasteiger charge is 2.21. The van der Waals surface area contributed by atoms with Crippen LogP contribution in [0.5, 0.6) is 0 Å². The third-order valence-electron chi connectivity index (χ3n) is 3.76. The molecule has 1 aliphatic heterocycles. The van der Waals surface area contributed by atoms with Crippen LogP contribution in [0.2, 0.25) is 5.02 Å². The second-order valence-corrected chi connectivity index (χ2v) is 6.63. The van der Waals surface area contributed by atoms with E-state index in [0.717, 1.165) is 41.7 Å². The van der Waals surface area contributed by atoms with Crippen molar-refractivity contribution in [2.75, 3.05) is 18.4 Å². The summed E-state index contributed by atoms with van der Waals surface area (Å²) in [6.45, 7) is 1.77. The standard InChI is InChI=1S/C15H16BrClN4O/c16-10-1-2-12(17)11(7-10)13-8-14(21-20-13)19-15(22)9-3-5-18-6-4-9/h1-2,7-9,18H,3-6H2,(H2,19,20,21,22). The lowest BCUT2D eigenvalue weighted by atomic mass is 9.97. The second kappa shape index (κ2) is 6.81. The van der Waals surface area contributed by atoms with Crippen LogP contribution in [0.25, 0.3) is 11.3 Å². The summed E-state index contributed by atoms with van der Waals surface area (Å²) in [4.78, 5) is 12.2. The topological polar surface area (TPSA) is 69.8 Å². The molecule has 0 atom stereocenters. The number of rotatable bonds is 3. The van der Waals surface area contributed by atoms with E-state index in [9.17, 15) is 4.79 Å². The number of piperidine rings is 1. The molecule has 0 bridgehead atoms. The van der Waals surface area contributed by atoms with Gasteiger partial charge in [-0.1, -0.05) is 27.5 Å². The van der Waals surface area contributed by atoms with Crippen LogP contribution in [-0.4, -0.2) is 29.2 Å². The molecular formula is C15H16BrClN4O. The number of nitrogens with zero attached hydrogens (tertiary/aromatic N) is 1. The molecule has 7 heteroatoms. The van der Waals surface area contributed by atoms with Gasteiger partial charge >= 0.3 is 0 Å². The lowest BCUT2D eigenvalue weighted by molar-refractivity contribution is -0.120. The highest BCUT2D eigenvalue weighted by Crippen LogP contribution is 2.30. The van der Waals surface area contributed by atoms with Crippen molar-refractivity contribution in [2.24, 2.45) is 5.92 Å². The molecule has 1 aromatic carbocycles. The van der Waals surface area contributed by atoms with Gasteiger partial charge in [0.25, 0.3) is 0 Å². The molecule has 1 fully saturated rings. The van der Waals surface area contributed by atoms with Crippen LogP contribution in [0.4, 0.5) is 5.82 Å². The van der Waals surface area contributed by atoms with E-state index >= 15 is 0 Å². The molecule has 1 aliphatic rings. The first-order valence-corrected chi connectivity index (χ1v) is 8.33. The van der Waals surface area contributed by atoms with E-state index in [1.807, 2.05) is 18.2 Å². The minimum atomic E-state index is 0.0277. The summed E-state index contributed by atoms with van der Waals surface area (Å²) < 4.78 is 0.932. The van der Waals surface area contributed by atoms with Crippen LogP contribution in [0, 0.1) is 5.92 Å². The van der Waals surface area contributed by atoms with Crippen molar-refractivity contribution in [1.82, 2.24) is 15.5 Å². The van der Waals surface area contributed by atoms with Gasteiger partial charge in [0.15, 0.2) is 5.82 Å². The lowest BCUT2D eigenvalue weighted by Gasteiger charge is -2.21. The summed E-state index contributed by atoms with van der Waals surface area (Å²) in [7, 11) is 0. The van der Waals surface area contributed by atoms with Gasteiger partial charge in [-0.25, -0.2) is 0 Å². The van der Waals surface area contributed by atoms with Crippen molar-refractivity contribution in [3.05, 3.63) is 33.8 Å². The average molecular weight is 384 g/mol. The third-order valence-corrected chi connectivity index (χ3v) is 4.58. The van der Waals surface area contributed by atoms with E-state index in [1.54, 1.807) is 6.07 Å². The Kier molecular flexibility index (Phi) is 4.81. The number of hydrogen-bond acceptors (Lipinski definition) is 3. The van der Waals surface area contributed by atoms with Crippen molar-refractivity contribution in [1.29, 1.82) is 0 Å². The van der Waals surface area contributed by atoms with Crippen LogP contribution >= 0.6 is 27.5 Å². The summed E-state index contributed by atoms with van der Waals surface area (Å²) in [5.41, 5.74) is 1.61. The van der Waals surface area contributed by atoms with E-state index in [-0.39, 0.29) is 11.8 Å². The van der Waals surface area contributed by atoms with Gasteiger partial charge in [0, 0.05) is 22.0 Å². The van der Waals surface area contributed by atoms with Crippen LogP contribution in [0.1, 0.15) is 12.8 Å². The summed E-state index contributed by atoms with van der Waals surface area (Å²) in [6, 6.07) is 7.40. The van der Waals surface area contributed by atoms with E-state index in [4.69, 9.17) is 11.6 Å². The van der Waals surface area contributed by atoms with Crippen LogP contribution < -0.4 is 10.6 Å². The van der Waals surface area contributed by atoms with Gasteiger partial charge in [-0.05, 0) is 44.1 Å². The molecule has 0 unspecified atom stereocenters. The average Bonchev–Trinajstić information content (AvgIpc) is 2.99. The molecule has 22 heavy (non-hydrogen) atoms. The van der Waals surface area contributed by atoms with Gasteiger partial charge in [-0.15, -0.1) is 0 Å². The molecule has 0 saturated carbocycles. The number of anilines is 1. The van der Waals surface area contributed by atoms with Crippen molar-refractivity contribution in [3.8, 4) is 11.3 Å². The number of aromatic amines is 1. The number of carbonyl (C=O) groups is 1. The number of H-pyrrole nitrogens is 1. The summed E-state index contributed by atoms with van der Waals surface area (Å²) >= 11 is 9.63. The SMILES string of the molecule is O=C(Nc1cc(-c2cc(Br)ccc2Cl)[nH]n1)C1CCNCC1. The number of aromatic nitrogens is 2. The molecule has 2 heterocycles. The zero-order chi connectivity index (χ0) is 15.5. The van der Waals surface area contributed by atoms with Gasteiger partial charge < -0.3 is 10.6 Å².